The van der Waals surface area contributed by atoms with Crippen LogP contribution in [0.25, 0.3) is 0 Å². The maximum Gasteiger partial charge on any atom is 0.260 e. The van der Waals surface area contributed by atoms with E-state index in [-0.39, 0.29) is 18.6 Å². The minimum Gasteiger partial charge on any atom is -0.482 e. The number of nitrogens with zero attached hydrogens (tertiary/aromatic N) is 2. The van der Waals surface area contributed by atoms with E-state index >= 15 is 0 Å². The molecule has 1 aliphatic carbocycles. The number of nitriles is 1. The van der Waals surface area contributed by atoms with E-state index in [1.54, 1.807) is 17.0 Å². The van der Waals surface area contributed by atoms with Gasteiger partial charge in [-0.1, -0.05) is 12.1 Å². The van der Waals surface area contributed by atoms with Gasteiger partial charge < -0.3 is 15.4 Å². The summed E-state index contributed by atoms with van der Waals surface area (Å²) in [6, 6.07) is 9.44. The van der Waals surface area contributed by atoms with Gasteiger partial charge >= 0.3 is 0 Å². The first-order chi connectivity index (χ1) is 9.22. The SMILES string of the molecule is N#CCCN(C(=O)COc1ccccc1N)C1CC1. The monoisotopic (exact) mass is 259 g/mol. The van der Waals surface area contributed by atoms with Gasteiger partial charge in [0.2, 0.25) is 0 Å². The van der Waals surface area contributed by atoms with Crippen molar-refractivity contribution in [3.63, 3.8) is 0 Å². The molecule has 0 radical (unpaired) electrons. The smallest absolute Gasteiger partial charge is 0.260 e. The molecule has 0 unspecified atom stereocenters. The predicted octanol–water partition coefficient (Wildman–Crippen LogP) is 1.55. The highest BCUT2D eigenvalue weighted by Gasteiger charge is 2.32. The van der Waals surface area contributed by atoms with Gasteiger partial charge in [-0.3, -0.25) is 4.79 Å². The van der Waals surface area contributed by atoms with Crippen LogP contribution in [0.15, 0.2) is 24.3 Å². The first-order valence-electron chi connectivity index (χ1n) is 6.36. The van der Waals surface area contributed by atoms with Crippen molar-refractivity contribution in [2.24, 2.45) is 0 Å². The number of amides is 1. The highest BCUT2D eigenvalue weighted by Crippen LogP contribution is 2.27. The van der Waals surface area contributed by atoms with Crippen molar-refractivity contribution in [3.8, 4) is 11.8 Å². The Hall–Kier alpha value is -2.22. The number of benzene rings is 1. The normalized spacial score (nSPS) is 13.6. The molecular weight excluding hydrogens is 242 g/mol. The van der Waals surface area contributed by atoms with Gasteiger partial charge in [-0.2, -0.15) is 5.26 Å². The topological polar surface area (TPSA) is 79.3 Å². The van der Waals surface area contributed by atoms with Crippen LogP contribution < -0.4 is 10.5 Å². The second-order valence-corrected chi connectivity index (χ2v) is 4.55. The Morgan fingerprint density at radius 3 is 2.84 bits per heavy atom. The lowest BCUT2D eigenvalue weighted by molar-refractivity contribution is -0.133. The lowest BCUT2D eigenvalue weighted by Crippen LogP contribution is -2.37. The first kappa shape index (κ1) is 13.2. The molecule has 0 heterocycles. The Morgan fingerprint density at radius 2 is 2.21 bits per heavy atom. The average molecular weight is 259 g/mol. The van der Waals surface area contributed by atoms with Crippen molar-refractivity contribution >= 4 is 11.6 Å². The molecule has 5 heteroatoms. The zero-order valence-electron chi connectivity index (χ0n) is 10.7. The Balaban J connectivity index is 1.89. The molecule has 19 heavy (non-hydrogen) atoms. The van der Waals surface area contributed by atoms with Crippen molar-refractivity contribution < 1.29 is 9.53 Å². The van der Waals surface area contributed by atoms with Gasteiger partial charge in [-0.25, -0.2) is 0 Å². The average Bonchev–Trinajstić information content (AvgIpc) is 3.23. The predicted molar refractivity (Wildman–Crippen MR) is 71.3 cm³/mol. The Kier molecular flexibility index (Phi) is 4.24. The molecule has 1 aromatic rings. The highest BCUT2D eigenvalue weighted by molar-refractivity contribution is 5.78. The fraction of sp³-hybridized carbons (Fsp3) is 0.429. The van der Waals surface area contributed by atoms with Crippen molar-refractivity contribution in [1.29, 1.82) is 5.26 Å². The number of hydrogen-bond acceptors (Lipinski definition) is 4. The van der Waals surface area contributed by atoms with Gasteiger partial charge in [0, 0.05) is 12.6 Å². The second kappa shape index (κ2) is 6.10. The van der Waals surface area contributed by atoms with E-state index in [0.29, 0.717) is 24.4 Å². The molecule has 0 saturated heterocycles. The fourth-order valence-electron chi connectivity index (χ4n) is 1.90. The molecule has 1 amide bonds. The van der Waals surface area contributed by atoms with Crippen LogP contribution in [-0.2, 0) is 4.79 Å². The van der Waals surface area contributed by atoms with Crippen LogP contribution in [0.5, 0.6) is 5.75 Å². The number of para-hydroxylation sites is 2. The van der Waals surface area contributed by atoms with E-state index in [1.807, 2.05) is 12.1 Å². The molecule has 2 rings (SSSR count). The quantitative estimate of drug-likeness (QED) is 0.786. The van der Waals surface area contributed by atoms with Crippen molar-refractivity contribution in [2.75, 3.05) is 18.9 Å². The second-order valence-electron chi connectivity index (χ2n) is 4.55. The maximum absolute atomic E-state index is 12.1. The number of rotatable bonds is 6. The molecule has 0 aromatic heterocycles. The molecule has 1 fully saturated rings. The van der Waals surface area contributed by atoms with Gasteiger partial charge in [-0.05, 0) is 25.0 Å². The van der Waals surface area contributed by atoms with Crippen LogP contribution in [0.2, 0.25) is 0 Å². The van der Waals surface area contributed by atoms with Gasteiger partial charge in [-0.15, -0.1) is 0 Å². The summed E-state index contributed by atoms with van der Waals surface area (Å²) >= 11 is 0. The third-order valence-corrected chi connectivity index (χ3v) is 3.04. The summed E-state index contributed by atoms with van der Waals surface area (Å²) in [6.45, 7) is 0.448. The summed E-state index contributed by atoms with van der Waals surface area (Å²) in [5, 5.41) is 8.61. The minimum atomic E-state index is -0.0824. The van der Waals surface area contributed by atoms with Crippen LogP contribution in [0.4, 0.5) is 5.69 Å². The minimum absolute atomic E-state index is 0.0316. The van der Waals surface area contributed by atoms with E-state index in [9.17, 15) is 4.79 Å². The van der Waals surface area contributed by atoms with E-state index in [2.05, 4.69) is 6.07 Å². The van der Waals surface area contributed by atoms with Crippen molar-refractivity contribution in [2.45, 2.75) is 25.3 Å². The summed E-state index contributed by atoms with van der Waals surface area (Å²) in [7, 11) is 0. The Morgan fingerprint density at radius 1 is 1.47 bits per heavy atom. The molecule has 5 nitrogen and oxygen atoms in total. The van der Waals surface area contributed by atoms with Crippen LogP contribution >= 0.6 is 0 Å². The van der Waals surface area contributed by atoms with Crippen LogP contribution in [0.1, 0.15) is 19.3 Å². The summed E-state index contributed by atoms with van der Waals surface area (Å²) in [5.41, 5.74) is 6.26. The summed E-state index contributed by atoms with van der Waals surface area (Å²) in [6.07, 6.45) is 2.39. The third kappa shape index (κ3) is 3.62. The van der Waals surface area contributed by atoms with E-state index < -0.39 is 0 Å². The largest absolute Gasteiger partial charge is 0.482 e. The summed E-state index contributed by atoms with van der Waals surface area (Å²) in [5.74, 6) is 0.438. The molecule has 0 bridgehead atoms. The highest BCUT2D eigenvalue weighted by atomic mass is 16.5. The molecule has 1 saturated carbocycles. The maximum atomic E-state index is 12.1. The van der Waals surface area contributed by atoms with Crippen molar-refractivity contribution in [1.82, 2.24) is 4.90 Å². The molecule has 1 aliphatic rings. The molecular formula is C14H17N3O2. The van der Waals surface area contributed by atoms with Gasteiger partial charge in [0.1, 0.15) is 5.75 Å². The van der Waals surface area contributed by atoms with E-state index in [1.165, 1.54) is 0 Å². The van der Waals surface area contributed by atoms with Crippen LogP contribution in [0, 0.1) is 11.3 Å². The van der Waals surface area contributed by atoms with E-state index in [0.717, 1.165) is 12.8 Å². The number of carbonyl (C=O) groups excluding carboxylic acids is 1. The van der Waals surface area contributed by atoms with Gasteiger partial charge in [0.25, 0.3) is 5.91 Å². The zero-order valence-corrected chi connectivity index (χ0v) is 10.7. The Labute approximate surface area is 112 Å². The molecule has 0 atom stereocenters. The standard InChI is InChI=1S/C14H17N3O2/c15-8-3-9-17(11-6-7-11)14(18)10-19-13-5-2-1-4-12(13)16/h1-2,4-5,11H,3,6-7,9-10,16H2. The first-order valence-corrected chi connectivity index (χ1v) is 6.36. The third-order valence-electron chi connectivity index (χ3n) is 3.04. The van der Waals surface area contributed by atoms with Crippen molar-refractivity contribution in [3.05, 3.63) is 24.3 Å². The van der Waals surface area contributed by atoms with E-state index in [4.69, 9.17) is 15.7 Å². The fourth-order valence-corrected chi connectivity index (χ4v) is 1.90. The Bertz CT molecular complexity index is 492. The number of ether oxygens (including phenoxy) is 1. The number of hydrogen-bond donors (Lipinski definition) is 1. The molecule has 0 aliphatic heterocycles. The molecule has 100 valence electrons. The summed E-state index contributed by atoms with van der Waals surface area (Å²) in [4.78, 5) is 13.8. The molecule has 1 aromatic carbocycles. The zero-order chi connectivity index (χ0) is 13.7. The lowest BCUT2D eigenvalue weighted by Gasteiger charge is -2.21. The number of nitrogen functional groups attached to an aromatic ring is 1. The van der Waals surface area contributed by atoms with Crippen LogP contribution in [-0.4, -0.2) is 30.0 Å². The molecule has 0 spiro atoms. The number of nitrogens with two attached hydrogens (primary N) is 1. The molecule has 2 N–H and O–H groups in total. The van der Waals surface area contributed by atoms with Gasteiger partial charge in [0.15, 0.2) is 6.61 Å². The number of anilines is 1. The summed E-state index contributed by atoms with van der Waals surface area (Å²) < 4.78 is 5.44. The number of carbonyl (C=O) groups is 1. The van der Waals surface area contributed by atoms with Crippen LogP contribution in [0.3, 0.4) is 0 Å². The van der Waals surface area contributed by atoms with Gasteiger partial charge in [0.05, 0.1) is 18.2 Å². The lowest BCUT2D eigenvalue weighted by atomic mass is 10.3.